The third-order valence-corrected chi connectivity index (χ3v) is 8.24. The molecule has 4 aliphatic rings. The molecule has 1 aliphatic heterocycles. The number of hydrogen-bond acceptors (Lipinski definition) is 3. The number of allylic oxidation sites excluding steroid dienone is 3. The number of hydrogen-bond donors (Lipinski definition) is 1. The van der Waals surface area contributed by atoms with Gasteiger partial charge in [-0.25, -0.2) is 0 Å². The maximum Gasteiger partial charge on any atom is 0.226 e. The lowest BCUT2D eigenvalue weighted by molar-refractivity contribution is -0.132. The monoisotopic (exact) mass is 331 g/mol. The Morgan fingerprint density at radius 1 is 1.26 bits per heavy atom. The largest absolute Gasteiger partial charge is 0.355 e. The zero-order valence-electron chi connectivity index (χ0n) is 14.1. The number of ketones is 1. The lowest BCUT2D eigenvalue weighted by Gasteiger charge is -2.56. The van der Waals surface area contributed by atoms with Gasteiger partial charge in [-0.15, -0.1) is 0 Å². The number of carbonyl (C=O) groups excluding carboxylic acids is 2. The topological polar surface area (TPSA) is 46.2 Å². The highest BCUT2D eigenvalue weighted by molar-refractivity contribution is 7.99. The molecule has 23 heavy (non-hydrogen) atoms. The fourth-order valence-corrected chi connectivity index (χ4v) is 6.82. The van der Waals surface area contributed by atoms with Gasteiger partial charge in [0, 0.05) is 17.2 Å². The van der Waals surface area contributed by atoms with E-state index in [-0.39, 0.29) is 22.5 Å². The van der Waals surface area contributed by atoms with E-state index in [4.69, 9.17) is 0 Å². The van der Waals surface area contributed by atoms with Crippen molar-refractivity contribution in [1.82, 2.24) is 5.32 Å². The lowest BCUT2D eigenvalue weighted by atomic mass is 9.48. The van der Waals surface area contributed by atoms with Crippen molar-refractivity contribution < 1.29 is 9.59 Å². The normalized spacial score (nSPS) is 48.2. The van der Waals surface area contributed by atoms with Crippen LogP contribution >= 0.6 is 11.8 Å². The van der Waals surface area contributed by atoms with Gasteiger partial charge in [0.25, 0.3) is 0 Å². The van der Waals surface area contributed by atoms with Gasteiger partial charge < -0.3 is 5.32 Å². The predicted octanol–water partition coefficient (Wildman–Crippen LogP) is 2.97. The van der Waals surface area contributed by atoms with E-state index in [1.54, 1.807) is 6.08 Å². The van der Waals surface area contributed by atoms with Crippen molar-refractivity contribution >= 4 is 23.5 Å². The first-order valence-corrected chi connectivity index (χ1v) is 9.95. The van der Waals surface area contributed by atoms with E-state index in [9.17, 15) is 9.59 Å². The minimum absolute atomic E-state index is 0.0164. The Bertz CT molecular complexity index is 639. The smallest absolute Gasteiger partial charge is 0.226 e. The molecule has 0 spiro atoms. The minimum atomic E-state index is -0.185. The molecule has 3 aliphatic carbocycles. The van der Waals surface area contributed by atoms with Crippen LogP contribution in [0, 0.1) is 28.6 Å². The molecule has 0 bridgehead atoms. The van der Waals surface area contributed by atoms with Gasteiger partial charge in [0.2, 0.25) is 5.91 Å². The van der Waals surface area contributed by atoms with E-state index < -0.39 is 0 Å². The molecule has 1 heterocycles. The van der Waals surface area contributed by atoms with E-state index >= 15 is 0 Å². The van der Waals surface area contributed by atoms with Crippen LogP contribution in [0.4, 0.5) is 0 Å². The average molecular weight is 331 g/mol. The van der Waals surface area contributed by atoms with Crippen molar-refractivity contribution in [3.8, 4) is 0 Å². The van der Waals surface area contributed by atoms with Crippen LogP contribution in [0.25, 0.3) is 0 Å². The molecular formula is C19H25NO2S. The molecule has 124 valence electrons. The molecule has 0 aromatic carbocycles. The van der Waals surface area contributed by atoms with Crippen LogP contribution in [0.5, 0.6) is 0 Å². The van der Waals surface area contributed by atoms with Crippen LogP contribution in [-0.4, -0.2) is 29.7 Å². The molecule has 6 atom stereocenters. The van der Waals surface area contributed by atoms with Crippen molar-refractivity contribution in [3.05, 3.63) is 23.8 Å². The third-order valence-electron chi connectivity index (χ3n) is 7.23. The molecule has 4 heteroatoms. The summed E-state index contributed by atoms with van der Waals surface area (Å²) in [5.41, 5.74) is 1.12. The fourth-order valence-electron chi connectivity index (χ4n) is 5.83. The summed E-state index contributed by atoms with van der Waals surface area (Å²) in [6.07, 6.45) is 11.1. The number of carbonyl (C=O) groups is 2. The Balaban J connectivity index is 1.77. The molecule has 0 aromatic rings. The van der Waals surface area contributed by atoms with Crippen molar-refractivity contribution in [2.24, 2.45) is 28.6 Å². The van der Waals surface area contributed by atoms with Crippen LogP contribution in [0.3, 0.4) is 0 Å². The first-order chi connectivity index (χ1) is 10.9. The molecule has 1 amide bonds. The Hall–Kier alpha value is -1.03. The summed E-state index contributed by atoms with van der Waals surface area (Å²) in [5.74, 6) is 1.93. The fraction of sp³-hybridized carbons (Fsp3) is 0.684. The van der Waals surface area contributed by atoms with Gasteiger partial charge in [-0.2, -0.15) is 11.8 Å². The molecule has 3 fully saturated rings. The van der Waals surface area contributed by atoms with Gasteiger partial charge in [0.15, 0.2) is 5.78 Å². The van der Waals surface area contributed by atoms with Crippen molar-refractivity contribution in [1.29, 1.82) is 0 Å². The van der Waals surface area contributed by atoms with E-state index in [0.717, 1.165) is 25.8 Å². The summed E-state index contributed by atoms with van der Waals surface area (Å²) in [6.45, 7) is 5.31. The summed E-state index contributed by atoms with van der Waals surface area (Å²) in [4.78, 5) is 24.3. The number of fused-ring (bicyclic) bond motifs is 5. The quantitative estimate of drug-likeness (QED) is 0.803. The zero-order valence-corrected chi connectivity index (χ0v) is 14.9. The van der Waals surface area contributed by atoms with Gasteiger partial charge >= 0.3 is 0 Å². The average Bonchev–Trinajstić information content (AvgIpc) is 2.83. The van der Waals surface area contributed by atoms with Crippen LogP contribution < -0.4 is 5.32 Å². The van der Waals surface area contributed by atoms with Gasteiger partial charge in [-0.3, -0.25) is 9.59 Å². The maximum atomic E-state index is 12.4. The molecule has 2 saturated carbocycles. The second kappa shape index (κ2) is 4.98. The summed E-state index contributed by atoms with van der Waals surface area (Å²) in [5, 5.41) is 3.52. The van der Waals surface area contributed by atoms with Crippen LogP contribution in [0.15, 0.2) is 23.8 Å². The number of rotatable bonds is 1. The van der Waals surface area contributed by atoms with Crippen LogP contribution in [0.2, 0.25) is 0 Å². The first kappa shape index (κ1) is 15.5. The van der Waals surface area contributed by atoms with E-state index in [1.807, 2.05) is 17.8 Å². The van der Waals surface area contributed by atoms with E-state index in [1.165, 1.54) is 5.57 Å². The SMILES string of the molecule is CS[C@@H]1C[C@@H]2[C@H](CC[C@]3(C)C(=O)NC[C@@H]23)[C@@]2(C)C=CC(=O)C=C12. The molecule has 0 aromatic heterocycles. The zero-order chi connectivity index (χ0) is 16.4. The van der Waals surface area contributed by atoms with Gasteiger partial charge in [0.1, 0.15) is 0 Å². The van der Waals surface area contributed by atoms with Crippen molar-refractivity contribution in [2.75, 3.05) is 12.8 Å². The molecule has 3 nitrogen and oxygen atoms in total. The predicted molar refractivity (Wildman–Crippen MR) is 93.1 cm³/mol. The lowest BCUT2D eigenvalue weighted by Crippen LogP contribution is -2.53. The standard InChI is InChI=1S/C19H25NO2S/c1-18-6-4-11(21)8-14(18)16(23-3)9-12-13(18)5-7-19(2)15(12)10-20-17(19)22/h4,6,8,12-13,15-16H,5,7,9-10H2,1-3H3,(H,20,22)/t12-,13+,15+,16-,18-,19+/m1/s1. The van der Waals surface area contributed by atoms with E-state index in [2.05, 4.69) is 31.5 Å². The highest BCUT2D eigenvalue weighted by atomic mass is 32.2. The second-order valence-corrected chi connectivity index (χ2v) is 9.16. The number of nitrogens with one attached hydrogen (secondary N) is 1. The van der Waals surface area contributed by atoms with Crippen molar-refractivity contribution in [2.45, 2.75) is 38.4 Å². The Kier molecular flexibility index (Phi) is 3.36. The highest BCUT2D eigenvalue weighted by Crippen LogP contribution is 2.62. The molecule has 1 N–H and O–H groups in total. The minimum Gasteiger partial charge on any atom is -0.355 e. The van der Waals surface area contributed by atoms with Gasteiger partial charge in [-0.1, -0.05) is 19.9 Å². The summed E-state index contributed by atoms with van der Waals surface area (Å²) >= 11 is 1.86. The van der Waals surface area contributed by atoms with Crippen molar-refractivity contribution in [3.63, 3.8) is 0 Å². The van der Waals surface area contributed by atoms with Gasteiger partial charge in [0.05, 0.1) is 5.41 Å². The summed E-state index contributed by atoms with van der Waals surface area (Å²) < 4.78 is 0. The molecule has 1 saturated heterocycles. The summed E-state index contributed by atoms with van der Waals surface area (Å²) in [7, 11) is 0. The first-order valence-electron chi connectivity index (χ1n) is 8.66. The maximum absolute atomic E-state index is 12.4. The van der Waals surface area contributed by atoms with Gasteiger partial charge in [-0.05, 0) is 61.0 Å². The Morgan fingerprint density at radius 2 is 2.04 bits per heavy atom. The summed E-state index contributed by atoms with van der Waals surface area (Å²) in [6, 6.07) is 0. The van der Waals surface area contributed by atoms with E-state index in [0.29, 0.717) is 23.0 Å². The number of thioether (sulfide) groups is 1. The molecular weight excluding hydrogens is 306 g/mol. The molecule has 0 unspecified atom stereocenters. The Morgan fingerprint density at radius 3 is 2.78 bits per heavy atom. The highest BCUT2D eigenvalue weighted by Gasteiger charge is 2.60. The number of amides is 1. The van der Waals surface area contributed by atoms with Crippen LogP contribution in [-0.2, 0) is 9.59 Å². The Labute approximate surface area is 142 Å². The third kappa shape index (κ3) is 1.97. The second-order valence-electron chi connectivity index (χ2n) is 8.12. The molecule has 0 radical (unpaired) electrons. The molecule has 4 rings (SSSR count). The van der Waals surface area contributed by atoms with Crippen LogP contribution in [0.1, 0.15) is 33.1 Å².